The predicted molar refractivity (Wildman–Crippen MR) is 152 cm³/mol. The molecule has 0 fully saturated rings. The van der Waals surface area contributed by atoms with E-state index in [4.69, 9.17) is 4.98 Å². The van der Waals surface area contributed by atoms with Crippen molar-refractivity contribution in [3.63, 3.8) is 0 Å². The highest BCUT2D eigenvalue weighted by Gasteiger charge is 2.26. The summed E-state index contributed by atoms with van der Waals surface area (Å²) in [5.74, 6) is -0.181. The van der Waals surface area contributed by atoms with Crippen molar-refractivity contribution < 1.29 is 4.79 Å². The summed E-state index contributed by atoms with van der Waals surface area (Å²) in [6.45, 7) is 5.98. The molecule has 0 aliphatic rings. The smallest absolute Gasteiger partial charge is 0.266 e. The molecule has 0 aliphatic heterocycles. The number of rotatable bonds is 6. The van der Waals surface area contributed by atoms with Gasteiger partial charge in [0.05, 0.1) is 16.6 Å². The maximum atomic E-state index is 13.8. The first-order valence-corrected chi connectivity index (χ1v) is 13.0. The van der Waals surface area contributed by atoms with Crippen molar-refractivity contribution in [2.45, 2.75) is 31.2 Å². The molecular formula is C31H27N3O2S. The van der Waals surface area contributed by atoms with E-state index in [0.717, 1.165) is 33.6 Å². The number of hydrogen-bond donors (Lipinski definition) is 1. The molecule has 184 valence electrons. The molecule has 5 aromatic rings. The van der Waals surface area contributed by atoms with E-state index in [1.807, 2.05) is 106 Å². The maximum Gasteiger partial charge on any atom is 0.266 e. The van der Waals surface area contributed by atoms with Gasteiger partial charge in [0, 0.05) is 5.69 Å². The van der Waals surface area contributed by atoms with Crippen LogP contribution in [-0.2, 0) is 4.79 Å². The summed E-state index contributed by atoms with van der Waals surface area (Å²) in [5.41, 5.74) is 5.84. The Morgan fingerprint density at radius 2 is 1.49 bits per heavy atom. The second-order valence-electron chi connectivity index (χ2n) is 9.11. The zero-order chi connectivity index (χ0) is 25.9. The Kier molecular flexibility index (Phi) is 6.93. The minimum atomic E-state index is -0.634. The lowest BCUT2D eigenvalue weighted by Crippen LogP contribution is -2.25. The Morgan fingerprint density at radius 1 is 0.838 bits per heavy atom. The van der Waals surface area contributed by atoms with Gasteiger partial charge >= 0.3 is 0 Å². The van der Waals surface area contributed by atoms with Gasteiger partial charge in [-0.05, 0) is 73.4 Å². The quantitative estimate of drug-likeness (QED) is 0.204. The minimum absolute atomic E-state index is 0.163. The van der Waals surface area contributed by atoms with Gasteiger partial charge in [0.25, 0.3) is 5.56 Å². The van der Waals surface area contributed by atoms with Crippen LogP contribution in [0.5, 0.6) is 0 Å². The highest BCUT2D eigenvalue weighted by Crippen LogP contribution is 2.37. The second-order valence-corrected chi connectivity index (χ2v) is 10.2. The van der Waals surface area contributed by atoms with E-state index in [1.165, 1.54) is 11.8 Å². The number of carbonyl (C=O) groups excluding carboxylic acids is 1. The van der Waals surface area contributed by atoms with Crippen LogP contribution in [0.4, 0.5) is 5.69 Å². The van der Waals surface area contributed by atoms with Crippen molar-refractivity contribution in [3.8, 4) is 5.69 Å². The molecule has 1 N–H and O–H groups in total. The van der Waals surface area contributed by atoms with Gasteiger partial charge in [0.2, 0.25) is 5.91 Å². The van der Waals surface area contributed by atoms with E-state index in [0.29, 0.717) is 16.1 Å². The summed E-state index contributed by atoms with van der Waals surface area (Å²) < 4.78 is 1.63. The van der Waals surface area contributed by atoms with Crippen LogP contribution in [0.15, 0.2) is 107 Å². The third-order valence-corrected chi connectivity index (χ3v) is 7.36. The molecule has 0 spiro atoms. The van der Waals surface area contributed by atoms with Gasteiger partial charge in [-0.3, -0.25) is 14.2 Å². The van der Waals surface area contributed by atoms with Gasteiger partial charge in [-0.15, -0.1) is 0 Å². The fourth-order valence-corrected chi connectivity index (χ4v) is 5.59. The number of amides is 1. The van der Waals surface area contributed by atoms with Crippen LogP contribution in [0.2, 0.25) is 0 Å². The summed E-state index contributed by atoms with van der Waals surface area (Å²) in [6, 6.07) is 30.6. The van der Waals surface area contributed by atoms with Gasteiger partial charge in [-0.2, -0.15) is 0 Å². The van der Waals surface area contributed by atoms with Gasteiger partial charge in [0.1, 0.15) is 5.25 Å². The highest BCUT2D eigenvalue weighted by molar-refractivity contribution is 8.00. The molecule has 6 heteroatoms. The SMILES string of the molecule is Cc1cc(C)cc(NC(=O)[C@@H](Sc2nc3ccccc3c(=O)n2-c2ccccc2C)c2ccccc2)c1. The number of nitrogens with one attached hydrogen (secondary N) is 1. The van der Waals surface area contributed by atoms with Gasteiger partial charge in [-0.25, -0.2) is 4.98 Å². The Labute approximate surface area is 220 Å². The number of carbonyl (C=O) groups is 1. The first-order chi connectivity index (χ1) is 17.9. The Bertz CT molecular complexity index is 1640. The predicted octanol–water partition coefficient (Wildman–Crippen LogP) is 6.78. The molecule has 5 rings (SSSR count). The molecule has 1 amide bonds. The van der Waals surface area contributed by atoms with Crippen molar-refractivity contribution >= 4 is 34.3 Å². The minimum Gasteiger partial charge on any atom is -0.325 e. The molecule has 37 heavy (non-hydrogen) atoms. The lowest BCUT2D eigenvalue weighted by molar-refractivity contribution is -0.115. The fraction of sp³-hybridized carbons (Fsp3) is 0.129. The highest BCUT2D eigenvalue weighted by atomic mass is 32.2. The molecule has 0 bridgehead atoms. The fourth-order valence-electron chi connectivity index (χ4n) is 4.48. The molecule has 0 saturated heterocycles. The molecule has 0 radical (unpaired) electrons. The van der Waals surface area contributed by atoms with Crippen LogP contribution in [-0.4, -0.2) is 15.5 Å². The van der Waals surface area contributed by atoms with Crippen LogP contribution in [0, 0.1) is 20.8 Å². The Balaban J connectivity index is 1.65. The maximum absolute atomic E-state index is 13.8. The number of para-hydroxylation sites is 2. The van der Waals surface area contributed by atoms with E-state index in [9.17, 15) is 9.59 Å². The number of aromatic nitrogens is 2. The number of anilines is 1. The van der Waals surface area contributed by atoms with Gasteiger partial charge < -0.3 is 5.32 Å². The molecule has 1 heterocycles. The van der Waals surface area contributed by atoms with Crippen LogP contribution < -0.4 is 10.9 Å². The second kappa shape index (κ2) is 10.4. The number of benzene rings is 4. The molecule has 1 atom stereocenters. The van der Waals surface area contributed by atoms with E-state index in [2.05, 4.69) is 11.4 Å². The molecule has 0 saturated carbocycles. The summed E-state index contributed by atoms with van der Waals surface area (Å²) in [6.07, 6.45) is 0. The summed E-state index contributed by atoms with van der Waals surface area (Å²) in [4.78, 5) is 32.4. The van der Waals surface area contributed by atoms with Crippen LogP contribution >= 0.6 is 11.8 Å². The zero-order valence-electron chi connectivity index (χ0n) is 20.9. The lowest BCUT2D eigenvalue weighted by atomic mass is 10.1. The van der Waals surface area contributed by atoms with Crippen LogP contribution in [0.25, 0.3) is 16.6 Å². The van der Waals surface area contributed by atoms with E-state index in [1.54, 1.807) is 10.6 Å². The summed E-state index contributed by atoms with van der Waals surface area (Å²) in [7, 11) is 0. The van der Waals surface area contributed by atoms with Crippen molar-refractivity contribution in [2.24, 2.45) is 0 Å². The van der Waals surface area contributed by atoms with Gasteiger partial charge in [-0.1, -0.05) is 78.5 Å². The standard InChI is InChI=1S/C31H27N3O2S/c1-20-17-21(2)19-24(18-20)32-29(35)28(23-12-5-4-6-13-23)37-31-33-26-15-9-8-14-25(26)30(36)34(31)27-16-10-7-11-22(27)3/h4-19,28H,1-3H3,(H,32,35)/t28-/m0/s1. The molecule has 4 aromatic carbocycles. The average molecular weight is 506 g/mol. The van der Waals surface area contributed by atoms with Crippen molar-refractivity contribution in [1.29, 1.82) is 0 Å². The molecular weight excluding hydrogens is 478 g/mol. The zero-order valence-corrected chi connectivity index (χ0v) is 21.8. The van der Waals surface area contributed by atoms with Crippen molar-refractivity contribution in [3.05, 3.63) is 130 Å². The molecule has 1 aromatic heterocycles. The largest absolute Gasteiger partial charge is 0.325 e. The third kappa shape index (κ3) is 5.20. The number of aryl methyl sites for hydroxylation is 3. The number of nitrogens with zero attached hydrogens (tertiary/aromatic N) is 2. The number of hydrogen-bond acceptors (Lipinski definition) is 4. The van der Waals surface area contributed by atoms with E-state index < -0.39 is 5.25 Å². The normalized spacial score (nSPS) is 11.9. The monoisotopic (exact) mass is 505 g/mol. The van der Waals surface area contributed by atoms with E-state index >= 15 is 0 Å². The summed E-state index contributed by atoms with van der Waals surface area (Å²) >= 11 is 1.28. The van der Waals surface area contributed by atoms with Crippen molar-refractivity contribution in [2.75, 3.05) is 5.32 Å². The van der Waals surface area contributed by atoms with Crippen LogP contribution in [0.1, 0.15) is 27.5 Å². The molecule has 0 aliphatic carbocycles. The molecule has 0 unspecified atom stereocenters. The van der Waals surface area contributed by atoms with E-state index in [-0.39, 0.29) is 11.5 Å². The van der Waals surface area contributed by atoms with Gasteiger partial charge in [0.15, 0.2) is 5.16 Å². The number of thioether (sulfide) groups is 1. The Morgan fingerprint density at radius 3 is 2.22 bits per heavy atom. The third-order valence-electron chi connectivity index (χ3n) is 6.15. The topological polar surface area (TPSA) is 64.0 Å². The first kappa shape index (κ1) is 24.5. The summed E-state index contributed by atoms with van der Waals surface area (Å²) in [5, 5.41) is 3.45. The lowest BCUT2D eigenvalue weighted by Gasteiger charge is -2.20. The van der Waals surface area contributed by atoms with Crippen LogP contribution in [0.3, 0.4) is 0 Å². The Hall–Kier alpha value is -4.16. The first-order valence-electron chi connectivity index (χ1n) is 12.1. The number of fused-ring (bicyclic) bond motifs is 1. The van der Waals surface area contributed by atoms with Crippen molar-refractivity contribution in [1.82, 2.24) is 9.55 Å². The average Bonchev–Trinajstić information content (AvgIpc) is 2.88. The molecule has 5 nitrogen and oxygen atoms in total.